The van der Waals surface area contributed by atoms with Gasteiger partial charge in [-0.1, -0.05) is 11.6 Å². The fraction of sp³-hybridized carbons (Fsp3) is 0.0909. The van der Waals surface area contributed by atoms with Crippen LogP contribution in [0.2, 0.25) is 5.02 Å². The molecule has 106 valence electrons. The number of aryl methyl sites for hydroxylation is 1. The number of hydrogen-bond acceptors (Lipinski definition) is 2. The summed E-state index contributed by atoms with van der Waals surface area (Å²) in [6.07, 6.45) is 0. The third kappa shape index (κ3) is 2.01. The van der Waals surface area contributed by atoms with Gasteiger partial charge in [0, 0.05) is 7.05 Å². The Bertz CT molecular complexity index is 701. The van der Waals surface area contributed by atoms with Crippen LogP contribution >= 0.6 is 11.6 Å². The number of aromatic nitrogens is 2. The minimum absolute atomic E-state index is 0.438. The van der Waals surface area contributed by atoms with Crippen molar-refractivity contribution in [3.05, 3.63) is 40.1 Å². The molecule has 1 N–H and O–H groups in total. The van der Waals surface area contributed by atoms with Crippen LogP contribution in [0.5, 0.6) is 0 Å². The zero-order valence-corrected chi connectivity index (χ0v) is 10.5. The molecule has 0 unspecified atom stereocenters. The number of halogens is 5. The summed E-state index contributed by atoms with van der Waals surface area (Å²) in [6, 6.07) is 0.788. The van der Waals surface area contributed by atoms with Crippen molar-refractivity contribution < 1.29 is 27.5 Å². The van der Waals surface area contributed by atoms with Crippen LogP contribution in [0.4, 0.5) is 17.6 Å². The fourth-order valence-corrected chi connectivity index (χ4v) is 1.80. The number of nitrogens with zero attached hydrogens (tertiary/aromatic N) is 2. The van der Waals surface area contributed by atoms with E-state index < -0.39 is 51.2 Å². The lowest BCUT2D eigenvalue weighted by Gasteiger charge is -2.08. The first-order chi connectivity index (χ1) is 9.25. The zero-order chi connectivity index (χ0) is 15.2. The summed E-state index contributed by atoms with van der Waals surface area (Å²) >= 11 is 5.10. The van der Waals surface area contributed by atoms with E-state index >= 15 is 0 Å². The standard InChI is InChI=1S/C11H5ClF4N2O2/c1-18-4(2-3(17-18)11(19)20)5-7(13)9(15)6(12)10(16)8(5)14/h2H,1H3,(H,19,20). The van der Waals surface area contributed by atoms with Crippen molar-refractivity contribution >= 4 is 17.6 Å². The fourth-order valence-electron chi connectivity index (χ4n) is 1.64. The highest BCUT2D eigenvalue weighted by atomic mass is 35.5. The summed E-state index contributed by atoms with van der Waals surface area (Å²) in [5.74, 6) is -8.44. The van der Waals surface area contributed by atoms with Gasteiger partial charge in [0.2, 0.25) is 0 Å². The Balaban J connectivity index is 2.80. The second-order valence-electron chi connectivity index (χ2n) is 3.79. The maximum Gasteiger partial charge on any atom is 0.356 e. The molecule has 0 amide bonds. The van der Waals surface area contributed by atoms with Crippen LogP contribution in [-0.2, 0) is 7.05 Å². The molecule has 0 saturated carbocycles. The summed E-state index contributed by atoms with van der Waals surface area (Å²) in [5.41, 5.74) is -2.05. The van der Waals surface area contributed by atoms with Crippen molar-refractivity contribution in [2.75, 3.05) is 0 Å². The molecular formula is C11H5ClF4N2O2. The Hall–Kier alpha value is -2.09. The molecule has 2 aromatic rings. The topological polar surface area (TPSA) is 55.1 Å². The van der Waals surface area contributed by atoms with Gasteiger partial charge in [-0.05, 0) is 6.07 Å². The van der Waals surface area contributed by atoms with Crippen LogP contribution in [0.3, 0.4) is 0 Å². The van der Waals surface area contributed by atoms with E-state index in [2.05, 4.69) is 5.10 Å². The Morgan fingerprint density at radius 3 is 2.10 bits per heavy atom. The predicted molar refractivity (Wildman–Crippen MR) is 60.4 cm³/mol. The van der Waals surface area contributed by atoms with E-state index in [0.29, 0.717) is 0 Å². The highest BCUT2D eigenvalue weighted by Crippen LogP contribution is 2.34. The smallest absolute Gasteiger partial charge is 0.356 e. The number of benzene rings is 1. The number of carbonyl (C=O) groups is 1. The Kier molecular flexibility index (Phi) is 3.43. The molecule has 0 aliphatic heterocycles. The van der Waals surface area contributed by atoms with Gasteiger partial charge in [0.05, 0.1) is 11.3 Å². The van der Waals surface area contributed by atoms with E-state index in [1.165, 1.54) is 7.05 Å². The molecular weight excluding hydrogens is 304 g/mol. The number of rotatable bonds is 2. The summed E-state index contributed by atoms with van der Waals surface area (Å²) in [7, 11) is 1.17. The van der Waals surface area contributed by atoms with Gasteiger partial charge >= 0.3 is 5.97 Å². The first-order valence-corrected chi connectivity index (χ1v) is 5.42. The molecule has 4 nitrogen and oxygen atoms in total. The normalized spacial score (nSPS) is 10.9. The molecule has 2 rings (SSSR count). The maximum atomic E-state index is 13.7. The van der Waals surface area contributed by atoms with Crippen LogP contribution in [0.25, 0.3) is 11.3 Å². The number of carboxylic acids is 1. The Labute approximate surface area is 114 Å². The average molecular weight is 309 g/mol. The molecule has 1 heterocycles. The van der Waals surface area contributed by atoms with Gasteiger partial charge in [0.15, 0.2) is 29.0 Å². The second kappa shape index (κ2) is 4.78. The van der Waals surface area contributed by atoms with Crippen molar-refractivity contribution in [1.82, 2.24) is 9.78 Å². The van der Waals surface area contributed by atoms with Gasteiger partial charge in [-0.15, -0.1) is 0 Å². The molecule has 1 aromatic carbocycles. The number of carboxylic acid groups (broad SMARTS) is 1. The molecule has 0 fully saturated rings. The zero-order valence-electron chi connectivity index (χ0n) is 9.72. The van der Waals surface area contributed by atoms with E-state index in [1.807, 2.05) is 0 Å². The molecule has 1 aromatic heterocycles. The lowest BCUT2D eigenvalue weighted by Crippen LogP contribution is -2.04. The van der Waals surface area contributed by atoms with E-state index in [4.69, 9.17) is 16.7 Å². The summed E-state index contributed by atoms with van der Waals surface area (Å²) < 4.78 is 54.9. The second-order valence-corrected chi connectivity index (χ2v) is 4.17. The molecule has 0 bridgehead atoms. The molecule has 0 aliphatic carbocycles. The first-order valence-electron chi connectivity index (χ1n) is 5.04. The van der Waals surface area contributed by atoms with Gasteiger partial charge in [-0.3, -0.25) is 4.68 Å². The summed E-state index contributed by atoms with van der Waals surface area (Å²) in [4.78, 5) is 10.7. The van der Waals surface area contributed by atoms with E-state index in [-0.39, 0.29) is 0 Å². The minimum atomic E-state index is -1.77. The third-order valence-electron chi connectivity index (χ3n) is 2.56. The van der Waals surface area contributed by atoms with Crippen molar-refractivity contribution in [2.24, 2.45) is 7.05 Å². The van der Waals surface area contributed by atoms with Crippen LogP contribution in [0, 0.1) is 23.3 Å². The van der Waals surface area contributed by atoms with Crippen LogP contribution < -0.4 is 0 Å². The highest BCUT2D eigenvalue weighted by molar-refractivity contribution is 6.31. The van der Waals surface area contributed by atoms with Crippen LogP contribution in [0.1, 0.15) is 10.5 Å². The van der Waals surface area contributed by atoms with Crippen molar-refractivity contribution in [3.63, 3.8) is 0 Å². The van der Waals surface area contributed by atoms with E-state index in [9.17, 15) is 22.4 Å². The van der Waals surface area contributed by atoms with E-state index in [0.717, 1.165) is 10.7 Å². The largest absolute Gasteiger partial charge is 0.476 e. The van der Waals surface area contributed by atoms with Gasteiger partial charge < -0.3 is 5.11 Å². The Morgan fingerprint density at radius 2 is 1.70 bits per heavy atom. The average Bonchev–Trinajstić information content (AvgIpc) is 2.77. The molecule has 0 radical (unpaired) electrons. The van der Waals surface area contributed by atoms with Crippen molar-refractivity contribution in [2.45, 2.75) is 0 Å². The minimum Gasteiger partial charge on any atom is -0.476 e. The molecule has 0 saturated heterocycles. The molecule has 9 heteroatoms. The lowest BCUT2D eigenvalue weighted by molar-refractivity contribution is 0.0689. The number of hydrogen-bond donors (Lipinski definition) is 1. The Morgan fingerprint density at radius 1 is 1.20 bits per heavy atom. The van der Waals surface area contributed by atoms with Crippen molar-refractivity contribution in [1.29, 1.82) is 0 Å². The predicted octanol–water partition coefficient (Wildman–Crippen LogP) is 3.00. The molecule has 20 heavy (non-hydrogen) atoms. The monoisotopic (exact) mass is 308 g/mol. The van der Waals surface area contributed by atoms with Gasteiger partial charge in [-0.2, -0.15) is 5.10 Å². The SMILES string of the molecule is Cn1nc(C(=O)O)cc1-c1c(F)c(F)c(Cl)c(F)c1F. The third-order valence-corrected chi connectivity index (χ3v) is 2.90. The molecule has 0 aliphatic rings. The molecule has 0 atom stereocenters. The van der Waals surface area contributed by atoms with Gasteiger partial charge in [-0.25, -0.2) is 22.4 Å². The number of aromatic carboxylic acids is 1. The van der Waals surface area contributed by atoms with Crippen LogP contribution in [0.15, 0.2) is 6.07 Å². The van der Waals surface area contributed by atoms with Gasteiger partial charge in [0.25, 0.3) is 0 Å². The maximum absolute atomic E-state index is 13.7. The summed E-state index contributed by atoms with van der Waals surface area (Å²) in [6.45, 7) is 0. The van der Waals surface area contributed by atoms with Crippen molar-refractivity contribution in [3.8, 4) is 11.3 Å². The highest BCUT2D eigenvalue weighted by Gasteiger charge is 2.28. The first kappa shape index (κ1) is 14.3. The lowest BCUT2D eigenvalue weighted by atomic mass is 10.1. The summed E-state index contributed by atoms with van der Waals surface area (Å²) in [5, 5.41) is 10.9. The van der Waals surface area contributed by atoms with Gasteiger partial charge in [0.1, 0.15) is 5.02 Å². The quantitative estimate of drug-likeness (QED) is 0.527. The van der Waals surface area contributed by atoms with Crippen LogP contribution in [-0.4, -0.2) is 20.9 Å². The van der Waals surface area contributed by atoms with E-state index in [1.54, 1.807) is 0 Å². The molecule has 0 spiro atoms.